The van der Waals surface area contributed by atoms with Gasteiger partial charge in [0.15, 0.2) is 0 Å². The maximum atomic E-state index is 5.62. The van der Waals surface area contributed by atoms with Gasteiger partial charge in [-0.15, -0.1) is 0 Å². The Morgan fingerprint density at radius 1 is 1.00 bits per heavy atom. The molecule has 17 heavy (non-hydrogen) atoms. The summed E-state index contributed by atoms with van der Waals surface area (Å²) in [6.07, 6.45) is 0. The van der Waals surface area contributed by atoms with Gasteiger partial charge in [0, 0.05) is 0 Å². The standard InChI is InChI=1S/C15H25NO/c1-10-8-12(3)14(9-11(10)2)13(4)16-17-15(5,6)7/h8-9,13,16H,1-7H3. The van der Waals surface area contributed by atoms with Crippen molar-refractivity contribution in [2.24, 2.45) is 0 Å². The first-order valence-electron chi connectivity index (χ1n) is 6.22. The normalized spacial score (nSPS) is 13.8. The molecule has 1 N–H and O–H groups in total. The smallest absolute Gasteiger partial charge is 0.0813 e. The van der Waals surface area contributed by atoms with Crippen molar-refractivity contribution in [3.8, 4) is 0 Å². The molecule has 0 radical (unpaired) electrons. The third kappa shape index (κ3) is 4.14. The van der Waals surface area contributed by atoms with Gasteiger partial charge in [-0.05, 0) is 70.7 Å². The van der Waals surface area contributed by atoms with Crippen LogP contribution in [0, 0.1) is 20.8 Å². The Morgan fingerprint density at radius 3 is 2.06 bits per heavy atom. The van der Waals surface area contributed by atoms with Gasteiger partial charge in [0.1, 0.15) is 0 Å². The topological polar surface area (TPSA) is 21.3 Å². The Balaban J connectivity index is 2.82. The Morgan fingerprint density at radius 2 is 1.53 bits per heavy atom. The molecular weight excluding hydrogens is 210 g/mol. The Labute approximate surface area is 105 Å². The quantitative estimate of drug-likeness (QED) is 0.800. The second kappa shape index (κ2) is 5.19. The van der Waals surface area contributed by atoms with Gasteiger partial charge in [-0.25, -0.2) is 0 Å². The van der Waals surface area contributed by atoms with Crippen LogP contribution in [0.3, 0.4) is 0 Å². The lowest BCUT2D eigenvalue weighted by atomic mass is 9.97. The lowest BCUT2D eigenvalue weighted by molar-refractivity contribution is -0.0867. The largest absolute Gasteiger partial charge is 0.296 e. The van der Waals surface area contributed by atoms with Crippen molar-refractivity contribution in [2.75, 3.05) is 0 Å². The van der Waals surface area contributed by atoms with Crippen molar-refractivity contribution in [3.05, 3.63) is 34.4 Å². The maximum absolute atomic E-state index is 5.62. The minimum absolute atomic E-state index is 0.165. The van der Waals surface area contributed by atoms with E-state index in [9.17, 15) is 0 Å². The van der Waals surface area contributed by atoms with E-state index in [1.165, 1.54) is 22.3 Å². The van der Waals surface area contributed by atoms with Crippen LogP contribution in [0.2, 0.25) is 0 Å². The van der Waals surface area contributed by atoms with E-state index in [0.29, 0.717) is 0 Å². The summed E-state index contributed by atoms with van der Waals surface area (Å²) in [7, 11) is 0. The van der Waals surface area contributed by atoms with E-state index >= 15 is 0 Å². The molecule has 0 aliphatic heterocycles. The summed E-state index contributed by atoms with van der Waals surface area (Å²) in [5, 5.41) is 0. The zero-order chi connectivity index (χ0) is 13.2. The van der Waals surface area contributed by atoms with Crippen molar-refractivity contribution in [1.29, 1.82) is 0 Å². The number of hydrogen-bond donors (Lipinski definition) is 1. The number of aryl methyl sites for hydroxylation is 3. The second-order valence-corrected chi connectivity index (χ2v) is 5.85. The van der Waals surface area contributed by atoms with Crippen LogP contribution in [0.25, 0.3) is 0 Å². The molecule has 1 aromatic carbocycles. The van der Waals surface area contributed by atoms with Gasteiger partial charge in [-0.1, -0.05) is 12.1 Å². The minimum atomic E-state index is -0.165. The molecule has 0 aromatic heterocycles. The lowest BCUT2D eigenvalue weighted by Crippen LogP contribution is -2.31. The molecule has 0 saturated heterocycles. The van der Waals surface area contributed by atoms with Gasteiger partial charge in [0.25, 0.3) is 0 Å². The summed E-state index contributed by atoms with van der Waals surface area (Å²) in [6.45, 7) is 14.7. The Bertz CT molecular complexity index is 391. The molecule has 1 unspecified atom stereocenters. The first-order valence-corrected chi connectivity index (χ1v) is 6.22. The van der Waals surface area contributed by atoms with Crippen molar-refractivity contribution < 1.29 is 4.84 Å². The fourth-order valence-electron chi connectivity index (χ4n) is 1.78. The summed E-state index contributed by atoms with van der Waals surface area (Å²) in [4.78, 5) is 5.62. The number of benzene rings is 1. The average Bonchev–Trinajstić information content (AvgIpc) is 2.19. The van der Waals surface area contributed by atoms with Gasteiger partial charge in [0.2, 0.25) is 0 Å². The second-order valence-electron chi connectivity index (χ2n) is 5.85. The van der Waals surface area contributed by atoms with E-state index in [2.05, 4.69) is 45.3 Å². The Hall–Kier alpha value is -0.860. The van der Waals surface area contributed by atoms with Crippen LogP contribution >= 0.6 is 0 Å². The van der Waals surface area contributed by atoms with Crippen molar-refractivity contribution in [3.63, 3.8) is 0 Å². The molecule has 1 atom stereocenters. The predicted octanol–water partition coefficient (Wildman–Crippen LogP) is 3.99. The SMILES string of the molecule is Cc1cc(C)c(C(C)NOC(C)(C)C)cc1C. The molecule has 1 rings (SSSR count). The zero-order valence-electron chi connectivity index (χ0n) is 12.1. The molecule has 0 bridgehead atoms. The van der Waals surface area contributed by atoms with E-state index in [-0.39, 0.29) is 11.6 Å². The van der Waals surface area contributed by atoms with Crippen LogP contribution in [0.15, 0.2) is 12.1 Å². The van der Waals surface area contributed by atoms with Gasteiger partial charge in [-0.3, -0.25) is 4.84 Å². The summed E-state index contributed by atoms with van der Waals surface area (Å²) < 4.78 is 0. The van der Waals surface area contributed by atoms with Crippen molar-refractivity contribution >= 4 is 0 Å². The van der Waals surface area contributed by atoms with E-state index in [4.69, 9.17) is 4.84 Å². The Kier molecular flexibility index (Phi) is 4.34. The van der Waals surface area contributed by atoms with Crippen LogP contribution in [-0.4, -0.2) is 5.60 Å². The summed E-state index contributed by atoms with van der Waals surface area (Å²) in [5.41, 5.74) is 8.25. The third-order valence-electron chi connectivity index (χ3n) is 2.89. The van der Waals surface area contributed by atoms with Crippen LogP contribution in [-0.2, 0) is 4.84 Å². The lowest BCUT2D eigenvalue weighted by Gasteiger charge is -2.24. The van der Waals surface area contributed by atoms with Gasteiger partial charge >= 0.3 is 0 Å². The molecule has 0 spiro atoms. The molecular formula is C15H25NO. The molecule has 0 fully saturated rings. The van der Waals surface area contributed by atoms with E-state index in [0.717, 1.165) is 0 Å². The number of hydroxylamine groups is 1. The minimum Gasteiger partial charge on any atom is -0.296 e. The van der Waals surface area contributed by atoms with E-state index in [1.54, 1.807) is 0 Å². The third-order valence-corrected chi connectivity index (χ3v) is 2.89. The average molecular weight is 235 g/mol. The summed E-state index contributed by atoms with van der Waals surface area (Å²) in [5.74, 6) is 0. The molecule has 2 heteroatoms. The molecule has 0 saturated carbocycles. The van der Waals surface area contributed by atoms with Crippen molar-refractivity contribution in [2.45, 2.75) is 60.1 Å². The number of rotatable bonds is 3. The van der Waals surface area contributed by atoms with Crippen LogP contribution in [0.1, 0.15) is 56.0 Å². The van der Waals surface area contributed by atoms with Gasteiger partial charge in [-0.2, -0.15) is 5.48 Å². The highest BCUT2D eigenvalue weighted by Crippen LogP contribution is 2.22. The fourth-order valence-corrected chi connectivity index (χ4v) is 1.78. The van der Waals surface area contributed by atoms with Crippen LogP contribution in [0.4, 0.5) is 0 Å². The number of hydrogen-bond acceptors (Lipinski definition) is 2. The zero-order valence-corrected chi connectivity index (χ0v) is 12.1. The molecule has 96 valence electrons. The van der Waals surface area contributed by atoms with Gasteiger partial charge < -0.3 is 0 Å². The first kappa shape index (κ1) is 14.2. The first-order chi connectivity index (χ1) is 7.70. The molecule has 0 amide bonds. The maximum Gasteiger partial charge on any atom is 0.0813 e. The molecule has 0 aliphatic rings. The summed E-state index contributed by atoms with van der Waals surface area (Å²) >= 11 is 0. The van der Waals surface area contributed by atoms with Crippen molar-refractivity contribution in [1.82, 2.24) is 5.48 Å². The molecule has 1 aromatic rings. The highest BCUT2D eigenvalue weighted by atomic mass is 16.7. The van der Waals surface area contributed by atoms with E-state index in [1.807, 2.05) is 20.8 Å². The monoisotopic (exact) mass is 235 g/mol. The molecule has 2 nitrogen and oxygen atoms in total. The van der Waals surface area contributed by atoms with E-state index < -0.39 is 0 Å². The van der Waals surface area contributed by atoms with Crippen LogP contribution < -0.4 is 5.48 Å². The van der Waals surface area contributed by atoms with Gasteiger partial charge in [0.05, 0.1) is 11.6 Å². The molecule has 0 heterocycles. The highest BCUT2D eigenvalue weighted by Gasteiger charge is 2.15. The highest BCUT2D eigenvalue weighted by molar-refractivity contribution is 5.37. The fraction of sp³-hybridized carbons (Fsp3) is 0.600. The van der Waals surface area contributed by atoms with Crippen LogP contribution in [0.5, 0.6) is 0 Å². The predicted molar refractivity (Wildman–Crippen MR) is 73.0 cm³/mol. The molecule has 0 aliphatic carbocycles. The number of nitrogens with one attached hydrogen (secondary N) is 1. The summed E-state index contributed by atoms with van der Waals surface area (Å²) in [6, 6.07) is 4.68.